The van der Waals surface area contributed by atoms with Crippen LogP contribution >= 0.6 is 22.6 Å². The van der Waals surface area contributed by atoms with Gasteiger partial charge >= 0.3 is 17.6 Å². The van der Waals surface area contributed by atoms with Crippen LogP contribution in [-0.2, 0) is 26.1 Å². The third kappa shape index (κ3) is 7.66. The summed E-state index contributed by atoms with van der Waals surface area (Å²) in [4.78, 5) is 23.9. The standard InChI is InChI=1S/C18H15F3IN2O6S/c19-18(20,21)31(27,28)23-8-9-29-16(25)13-6-7-15(14(22)10-13)24-17(26)30-11-12-4-2-1-3-5-12/h1-7,10H,8-9,11H2,(H,24,25,26)/q-1. The summed E-state index contributed by atoms with van der Waals surface area (Å²) in [5.74, 6) is -0.893. The monoisotopic (exact) mass is 571 g/mol. The molecule has 1 amide bonds. The molecule has 0 radical (unpaired) electrons. The fraction of sp³-hybridized carbons (Fsp3) is 0.222. The zero-order valence-corrected chi connectivity index (χ0v) is 18.5. The Balaban J connectivity index is 1.84. The molecule has 2 aromatic rings. The molecule has 0 aliphatic heterocycles. The maximum Gasteiger partial charge on any atom is 0.480 e. The topological polar surface area (TPSA) is 113 Å². The molecule has 0 heterocycles. The molecule has 0 spiro atoms. The first-order chi connectivity index (χ1) is 14.5. The average molecular weight is 571 g/mol. The highest BCUT2D eigenvalue weighted by Crippen LogP contribution is 2.27. The number of benzene rings is 2. The van der Waals surface area contributed by atoms with Crippen LogP contribution in [0, 0.1) is 3.57 Å². The Morgan fingerprint density at radius 2 is 1.74 bits per heavy atom. The van der Waals surface area contributed by atoms with E-state index >= 15 is 0 Å². The second-order valence-electron chi connectivity index (χ2n) is 5.79. The van der Waals surface area contributed by atoms with Gasteiger partial charge in [0.1, 0.15) is 6.61 Å². The van der Waals surface area contributed by atoms with E-state index in [4.69, 9.17) is 9.47 Å². The number of carbonyl (C=O) groups is 2. The first-order valence-corrected chi connectivity index (χ1v) is 11.0. The number of sulfonamides is 1. The Bertz CT molecular complexity index is 1030. The van der Waals surface area contributed by atoms with Gasteiger partial charge in [0.05, 0.1) is 17.9 Å². The summed E-state index contributed by atoms with van der Waals surface area (Å²) in [5.41, 5.74) is -4.29. The third-order valence-corrected chi connectivity index (χ3v) is 5.53. The average Bonchev–Trinajstić information content (AvgIpc) is 2.71. The molecule has 0 atom stereocenters. The number of anilines is 1. The number of rotatable bonds is 8. The van der Waals surface area contributed by atoms with Gasteiger partial charge in [0, 0.05) is 3.57 Å². The molecule has 2 aromatic carbocycles. The molecule has 0 aliphatic rings. The number of halogens is 4. The number of nitrogens with one attached hydrogen (secondary N) is 1. The number of hydrogen-bond donors (Lipinski definition) is 1. The van der Waals surface area contributed by atoms with Crippen LogP contribution in [0.15, 0.2) is 48.5 Å². The van der Waals surface area contributed by atoms with E-state index in [0.29, 0.717) is 9.26 Å². The highest BCUT2D eigenvalue weighted by Gasteiger charge is 2.38. The van der Waals surface area contributed by atoms with Crippen molar-refractivity contribution < 1.29 is 40.7 Å². The van der Waals surface area contributed by atoms with E-state index < -0.39 is 40.7 Å². The lowest BCUT2D eigenvalue weighted by Crippen LogP contribution is -2.23. The molecule has 0 saturated carbocycles. The molecule has 8 nitrogen and oxygen atoms in total. The highest BCUT2D eigenvalue weighted by molar-refractivity contribution is 14.1. The zero-order chi connectivity index (χ0) is 23.1. The van der Waals surface area contributed by atoms with Gasteiger partial charge in [-0.05, 0) is 46.4 Å². The highest BCUT2D eigenvalue weighted by atomic mass is 127. The van der Waals surface area contributed by atoms with E-state index in [1.807, 2.05) is 28.7 Å². The van der Waals surface area contributed by atoms with E-state index in [0.717, 1.165) is 5.56 Å². The predicted octanol–water partition coefficient (Wildman–Crippen LogP) is 4.42. The Hall–Kier alpha value is -2.39. The molecule has 1 N–H and O–H groups in total. The number of esters is 1. The number of alkyl halides is 3. The van der Waals surface area contributed by atoms with E-state index in [1.165, 1.54) is 18.2 Å². The van der Waals surface area contributed by atoms with Crippen molar-refractivity contribution in [1.82, 2.24) is 0 Å². The molecule has 0 aliphatic carbocycles. The maximum absolute atomic E-state index is 12.2. The smallest absolute Gasteiger partial charge is 0.480 e. The molecular weight excluding hydrogens is 556 g/mol. The largest absolute Gasteiger partial charge is 0.538 e. The van der Waals surface area contributed by atoms with Gasteiger partial charge in [0.25, 0.3) is 0 Å². The van der Waals surface area contributed by atoms with Crippen LogP contribution in [0.5, 0.6) is 0 Å². The van der Waals surface area contributed by atoms with Crippen LogP contribution in [0.25, 0.3) is 4.72 Å². The SMILES string of the molecule is O=C(Nc1ccc(C(=O)OCC[N-]S(=O)(=O)C(F)(F)F)cc1I)OCc1ccccc1. The van der Waals surface area contributed by atoms with Gasteiger partial charge in [0.15, 0.2) is 10.0 Å². The lowest BCUT2D eigenvalue weighted by Gasteiger charge is -2.21. The third-order valence-electron chi connectivity index (χ3n) is 3.53. The number of amides is 1. The molecule has 31 heavy (non-hydrogen) atoms. The van der Waals surface area contributed by atoms with Crippen LogP contribution in [0.3, 0.4) is 0 Å². The second-order valence-corrected chi connectivity index (χ2v) is 8.62. The van der Waals surface area contributed by atoms with Crippen molar-refractivity contribution in [3.8, 4) is 0 Å². The first-order valence-electron chi connectivity index (χ1n) is 8.44. The van der Waals surface area contributed by atoms with Gasteiger partial charge in [-0.3, -0.25) is 5.32 Å². The minimum absolute atomic E-state index is 0.0475. The fourth-order valence-corrected chi connectivity index (χ4v) is 3.18. The Kier molecular flexibility index (Phi) is 8.64. The number of ether oxygens (including phenoxy) is 2. The van der Waals surface area contributed by atoms with Crippen LogP contribution in [0.2, 0.25) is 0 Å². The quantitative estimate of drug-likeness (QED) is 0.285. The summed E-state index contributed by atoms with van der Waals surface area (Å²) in [6.07, 6.45) is -0.704. The van der Waals surface area contributed by atoms with Gasteiger partial charge in [0.2, 0.25) is 0 Å². The summed E-state index contributed by atoms with van der Waals surface area (Å²) in [7, 11) is -5.63. The van der Waals surface area contributed by atoms with Crippen LogP contribution in [0.1, 0.15) is 15.9 Å². The fourth-order valence-electron chi connectivity index (χ4n) is 2.06. The van der Waals surface area contributed by atoms with Crippen molar-refractivity contribution in [2.24, 2.45) is 0 Å². The van der Waals surface area contributed by atoms with Crippen molar-refractivity contribution in [1.29, 1.82) is 0 Å². The lowest BCUT2D eigenvalue weighted by molar-refractivity contribution is -0.0427. The molecule has 0 bridgehead atoms. The molecular formula is C18H15F3IN2O6S-. The van der Waals surface area contributed by atoms with Crippen molar-refractivity contribution in [2.75, 3.05) is 18.5 Å². The van der Waals surface area contributed by atoms with Gasteiger partial charge in [-0.25, -0.2) is 18.0 Å². The Morgan fingerprint density at radius 1 is 1.06 bits per heavy atom. The molecule has 13 heteroatoms. The van der Waals surface area contributed by atoms with Crippen molar-refractivity contribution in [3.05, 3.63) is 68.0 Å². The van der Waals surface area contributed by atoms with Crippen LogP contribution in [-0.4, -0.2) is 39.1 Å². The number of nitrogens with zero attached hydrogens (tertiary/aromatic N) is 1. The van der Waals surface area contributed by atoms with Gasteiger partial charge in [-0.15, -0.1) is 6.54 Å². The van der Waals surface area contributed by atoms with E-state index in [2.05, 4.69) is 10.0 Å². The van der Waals surface area contributed by atoms with Crippen LogP contribution in [0.4, 0.5) is 23.7 Å². The molecule has 0 unspecified atom stereocenters. The second kappa shape index (κ2) is 10.8. The predicted molar refractivity (Wildman–Crippen MR) is 113 cm³/mol. The maximum atomic E-state index is 12.2. The van der Waals surface area contributed by atoms with E-state index in [9.17, 15) is 31.2 Å². The molecule has 168 valence electrons. The minimum atomic E-state index is -5.63. The summed E-state index contributed by atoms with van der Waals surface area (Å²) in [5, 5.41) is 2.52. The zero-order valence-electron chi connectivity index (χ0n) is 15.6. The minimum Gasteiger partial charge on any atom is -0.538 e. The Labute approximate surface area is 189 Å². The number of carbonyl (C=O) groups excluding carboxylic acids is 2. The van der Waals surface area contributed by atoms with Crippen molar-refractivity contribution in [3.63, 3.8) is 0 Å². The van der Waals surface area contributed by atoms with Gasteiger partial charge in [-0.1, -0.05) is 30.3 Å². The van der Waals surface area contributed by atoms with E-state index in [1.54, 1.807) is 24.3 Å². The summed E-state index contributed by atoms with van der Waals surface area (Å²) in [6.45, 7) is -1.45. The van der Waals surface area contributed by atoms with Crippen molar-refractivity contribution in [2.45, 2.75) is 12.1 Å². The van der Waals surface area contributed by atoms with Gasteiger partial charge in [-0.2, -0.15) is 13.2 Å². The first kappa shape index (κ1) is 24.9. The summed E-state index contributed by atoms with van der Waals surface area (Å²) in [6, 6.07) is 13.1. The molecule has 0 fully saturated rings. The van der Waals surface area contributed by atoms with Gasteiger partial charge < -0.3 is 14.2 Å². The summed E-state index contributed by atoms with van der Waals surface area (Å²) < 4.78 is 70.8. The Morgan fingerprint density at radius 3 is 2.35 bits per heavy atom. The van der Waals surface area contributed by atoms with Crippen molar-refractivity contribution >= 4 is 50.4 Å². The molecule has 2 rings (SSSR count). The lowest BCUT2D eigenvalue weighted by atomic mass is 10.2. The molecule has 0 aromatic heterocycles. The van der Waals surface area contributed by atoms with E-state index in [-0.39, 0.29) is 12.2 Å². The van der Waals surface area contributed by atoms with Crippen LogP contribution < -0.4 is 5.32 Å². The molecule has 0 saturated heterocycles. The number of hydrogen-bond acceptors (Lipinski definition) is 6. The summed E-state index contributed by atoms with van der Waals surface area (Å²) >= 11 is 1.86. The normalized spacial score (nSPS) is 11.6.